The Balaban J connectivity index is 3.15. The summed E-state index contributed by atoms with van der Waals surface area (Å²) in [6.45, 7) is 11.4. The Morgan fingerprint density at radius 1 is 1.00 bits per heavy atom. The van der Waals surface area contributed by atoms with Gasteiger partial charge in [-0.1, -0.05) is 41.5 Å². The molecule has 1 saturated heterocycles. The van der Waals surface area contributed by atoms with Crippen LogP contribution < -0.4 is 0 Å². The number of hydrogen-bond acceptors (Lipinski definition) is 5. The van der Waals surface area contributed by atoms with Gasteiger partial charge in [-0.15, -0.1) is 0 Å². The smallest absolute Gasteiger partial charge is 0.311 e. The summed E-state index contributed by atoms with van der Waals surface area (Å²) < 4.78 is 17.2. The molecule has 0 radical (unpaired) electrons. The molecule has 1 rings (SSSR count). The Kier molecular flexibility index (Phi) is 5.79. The molecule has 21 heavy (non-hydrogen) atoms. The maximum atomic E-state index is 12.1. The highest BCUT2D eigenvalue weighted by molar-refractivity contribution is 5.74. The molecule has 0 saturated carbocycles. The summed E-state index contributed by atoms with van der Waals surface area (Å²) in [5, 5.41) is 0. The van der Waals surface area contributed by atoms with Crippen LogP contribution >= 0.6 is 0 Å². The van der Waals surface area contributed by atoms with Crippen LogP contribution in [-0.2, 0) is 23.8 Å². The van der Waals surface area contributed by atoms with E-state index >= 15 is 0 Å². The maximum Gasteiger partial charge on any atom is 0.311 e. The van der Waals surface area contributed by atoms with Crippen molar-refractivity contribution in [3.8, 4) is 0 Å². The highest BCUT2D eigenvalue weighted by atomic mass is 16.8. The van der Waals surface area contributed by atoms with Gasteiger partial charge in [0.25, 0.3) is 5.79 Å². The van der Waals surface area contributed by atoms with Gasteiger partial charge in [-0.25, -0.2) is 0 Å². The molecule has 0 bridgehead atoms. The quantitative estimate of drug-likeness (QED) is 0.557. The third-order valence-electron chi connectivity index (χ3n) is 4.12. The first kappa shape index (κ1) is 18.0. The van der Waals surface area contributed by atoms with Crippen LogP contribution in [0, 0.1) is 11.8 Å². The van der Waals surface area contributed by atoms with Crippen LogP contribution in [0.5, 0.6) is 0 Å². The number of carbonyl (C=O) groups excluding carboxylic acids is 2. The fraction of sp³-hybridized carbons (Fsp3) is 0.875. The van der Waals surface area contributed by atoms with E-state index in [-0.39, 0.29) is 23.8 Å². The summed E-state index contributed by atoms with van der Waals surface area (Å²) in [5.74, 6) is -2.62. The molecule has 0 unspecified atom stereocenters. The predicted octanol–water partition coefficient (Wildman–Crippen LogP) is 3.06. The van der Waals surface area contributed by atoms with Gasteiger partial charge in [0.1, 0.15) is 5.60 Å². The second kappa shape index (κ2) is 6.77. The lowest BCUT2D eigenvalue weighted by molar-refractivity contribution is -0.276. The average Bonchev–Trinajstić information content (AvgIpc) is 2.76. The van der Waals surface area contributed by atoms with Gasteiger partial charge in [0.2, 0.25) is 0 Å². The van der Waals surface area contributed by atoms with E-state index in [2.05, 4.69) is 0 Å². The topological polar surface area (TPSA) is 61.8 Å². The third-order valence-corrected chi connectivity index (χ3v) is 4.12. The van der Waals surface area contributed by atoms with Gasteiger partial charge in [-0.2, -0.15) is 0 Å². The van der Waals surface area contributed by atoms with Crippen molar-refractivity contribution in [1.29, 1.82) is 0 Å². The van der Waals surface area contributed by atoms with Crippen molar-refractivity contribution in [2.45, 2.75) is 72.2 Å². The van der Waals surface area contributed by atoms with E-state index in [1.54, 1.807) is 27.7 Å². The highest BCUT2D eigenvalue weighted by Crippen LogP contribution is 2.45. The second-order valence-corrected chi connectivity index (χ2v) is 6.20. The molecule has 0 N–H and O–H groups in total. The maximum absolute atomic E-state index is 12.1. The fourth-order valence-electron chi connectivity index (χ4n) is 2.58. The molecular weight excluding hydrogens is 272 g/mol. The molecule has 0 aromatic rings. The van der Waals surface area contributed by atoms with Gasteiger partial charge >= 0.3 is 11.9 Å². The van der Waals surface area contributed by atoms with Crippen molar-refractivity contribution in [3.05, 3.63) is 0 Å². The number of rotatable bonds is 6. The normalized spacial score (nSPS) is 19.8. The molecule has 122 valence electrons. The Hall–Kier alpha value is -1.10. The average molecular weight is 300 g/mol. The molecule has 0 spiro atoms. The second-order valence-electron chi connectivity index (χ2n) is 6.20. The summed E-state index contributed by atoms with van der Waals surface area (Å²) >= 11 is 0. The molecule has 0 aliphatic carbocycles. The summed E-state index contributed by atoms with van der Waals surface area (Å²) in [7, 11) is 0. The van der Waals surface area contributed by atoms with E-state index in [4.69, 9.17) is 14.2 Å². The number of carbonyl (C=O) groups is 2. The van der Waals surface area contributed by atoms with Crippen LogP contribution in [0.15, 0.2) is 0 Å². The lowest BCUT2D eigenvalue weighted by Crippen LogP contribution is -2.56. The molecule has 1 heterocycles. The van der Waals surface area contributed by atoms with Gasteiger partial charge in [-0.05, 0) is 12.8 Å². The van der Waals surface area contributed by atoms with Crippen molar-refractivity contribution < 1.29 is 23.8 Å². The summed E-state index contributed by atoms with van der Waals surface area (Å²) in [4.78, 5) is 24.2. The zero-order valence-electron chi connectivity index (χ0n) is 14.0. The van der Waals surface area contributed by atoms with Gasteiger partial charge in [-0.3, -0.25) is 9.59 Å². The third kappa shape index (κ3) is 3.39. The van der Waals surface area contributed by atoms with Gasteiger partial charge in [0.05, 0.1) is 24.9 Å². The van der Waals surface area contributed by atoms with E-state index in [0.29, 0.717) is 25.9 Å². The largest absolute Gasteiger partial charge is 0.419 e. The van der Waals surface area contributed by atoms with E-state index < -0.39 is 11.4 Å². The Morgan fingerprint density at radius 2 is 1.43 bits per heavy atom. The van der Waals surface area contributed by atoms with Crippen molar-refractivity contribution >= 4 is 11.9 Å². The van der Waals surface area contributed by atoms with Crippen LogP contribution in [0.2, 0.25) is 0 Å². The molecule has 5 heteroatoms. The Bertz CT molecular complexity index is 360. The zero-order valence-corrected chi connectivity index (χ0v) is 14.0. The molecular formula is C16H28O5. The molecule has 0 amide bonds. The highest BCUT2D eigenvalue weighted by Gasteiger charge is 2.61. The molecule has 0 atom stereocenters. The Labute approximate surface area is 127 Å². The molecule has 1 aliphatic heterocycles. The Morgan fingerprint density at radius 3 is 1.76 bits per heavy atom. The molecule has 5 nitrogen and oxygen atoms in total. The lowest BCUT2D eigenvalue weighted by Gasteiger charge is -2.42. The number of ether oxygens (including phenoxy) is 3. The van der Waals surface area contributed by atoms with Crippen molar-refractivity contribution in [2.24, 2.45) is 11.8 Å². The lowest BCUT2D eigenvalue weighted by atomic mass is 9.87. The van der Waals surface area contributed by atoms with Crippen LogP contribution in [0.4, 0.5) is 0 Å². The van der Waals surface area contributed by atoms with Crippen LogP contribution in [-0.4, -0.2) is 29.9 Å². The summed E-state index contributed by atoms with van der Waals surface area (Å²) in [6.07, 6.45) is 1.60. The van der Waals surface area contributed by atoms with E-state index in [1.165, 1.54) is 0 Å². The van der Waals surface area contributed by atoms with Crippen LogP contribution in [0.1, 0.15) is 60.8 Å². The molecule has 1 aliphatic rings. The number of esters is 2. The molecule has 0 aromatic heterocycles. The van der Waals surface area contributed by atoms with E-state index in [9.17, 15) is 9.59 Å². The minimum absolute atomic E-state index is 0.286. The van der Waals surface area contributed by atoms with Gasteiger partial charge in [0, 0.05) is 0 Å². The van der Waals surface area contributed by atoms with Gasteiger partial charge in [0.15, 0.2) is 0 Å². The first-order valence-electron chi connectivity index (χ1n) is 7.83. The van der Waals surface area contributed by atoms with Crippen molar-refractivity contribution in [3.63, 3.8) is 0 Å². The van der Waals surface area contributed by atoms with Crippen LogP contribution in [0.25, 0.3) is 0 Å². The number of hydrogen-bond donors (Lipinski definition) is 0. The van der Waals surface area contributed by atoms with Crippen molar-refractivity contribution in [1.82, 2.24) is 0 Å². The predicted molar refractivity (Wildman–Crippen MR) is 78.5 cm³/mol. The monoisotopic (exact) mass is 300 g/mol. The zero-order chi connectivity index (χ0) is 16.3. The first-order valence-corrected chi connectivity index (χ1v) is 7.83. The first-order chi connectivity index (χ1) is 9.73. The summed E-state index contributed by atoms with van der Waals surface area (Å²) in [6, 6.07) is 0. The minimum atomic E-state index is -1.31. The minimum Gasteiger partial charge on any atom is -0.419 e. The SMILES string of the molecule is CCC1(CC)OCCC1(OC(=O)C(C)C)OC(=O)C(C)C. The standard InChI is InChI=1S/C16H28O5/c1-7-15(8-2)16(9-10-19-15,20-13(17)11(3)4)21-14(18)12(5)6/h11-12H,7-10H2,1-6H3. The van der Waals surface area contributed by atoms with E-state index in [0.717, 1.165) is 0 Å². The molecule has 1 fully saturated rings. The van der Waals surface area contributed by atoms with E-state index in [1.807, 2.05) is 13.8 Å². The summed E-state index contributed by atoms with van der Waals surface area (Å²) in [5.41, 5.74) is -0.762. The van der Waals surface area contributed by atoms with Gasteiger partial charge < -0.3 is 14.2 Å². The van der Waals surface area contributed by atoms with Crippen LogP contribution in [0.3, 0.4) is 0 Å². The van der Waals surface area contributed by atoms with Crippen molar-refractivity contribution in [2.75, 3.05) is 6.61 Å². The fourth-order valence-corrected chi connectivity index (χ4v) is 2.58. The molecule has 0 aromatic carbocycles.